The van der Waals surface area contributed by atoms with Gasteiger partial charge in [0.15, 0.2) is 0 Å². The van der Waals surface area contributed by atoms with Crippen molar-refractivity contribution in [2.75, 3.05) is 37.6 Å². The maximum Gasteiger partial charge on any atom is 0.278 e. The molecular weight excluding hydrogens is 722 g/mol. The van der Waals surface area contributed by atoms with Gasteiger partial charge in [-0.3, -0.25) is 29.4 Å². The Hall–Kier alpha value is -5.83. The predicted octanol–water partition coefficient (Wildman–Crippen LogP) is 3.47. The molecule has 7 rings (SSSR count). The van der Waals surface area contributed by atoms with Crippen LogP contribution in [0.15, 0.2) is 59.5 Å². The van der Waals surface area contributed by atoms with Gasteiger partial charge in [0.1, 0.15) is 35.2 Å². The van der Waals surface area contributed by atoms with Gasteiger partial charge in [0.2, 0.25) is 5.91 Å². The second-order valence-electron chi connectivity index (χ2n) is 15.3. The summed E-state index contributed by atoms with van der Waals surface area (Å²) in [4.78, 5) is 59.1. The van der Waals surface area contributed by atoms with Crippen LogP contribution in [-0.2, 0) is 9.59 Å². The highest BCUT2D eigenvalue weighted by molar-refractivity contribution is 6.31. The average Bonchev–Trinajstić information content (AvgIpc) is 3.16. The third-order valence-electron chi connectivity index (χ3n) is 10.9. The molecular formula is C40H40ClN9O5. The monoisotopic (exact) mass is 761 g/mol. The van der Waals surface area contributed by atoms with E-state index in [9.17, 15) is 24.4 Å². The SMILES string of the molecule is CC1(C)[C@H](NC(=O)c2ccc(C#CCN3CCN(c4ccc5c(=O)n(C6CCC(=O)NC6=O)nnc5c4)CC3)nc2)C(C)(C)[C@H]1Oc1ccc(C#N)c(Cl)c1. The Labute approximate surface area is 322 Å². The fourth-order valence-corrected chi connectivity index (χ4v) is 8.39. The van der Waals surface area contributed by atoms with Gasteiger partial charge >= 0.3 is 0 Å². The molecule has 3 fully saturated rings. The van der Waals surface area contributed by atoms with Crippen LogP contribution in [0.3, 0.4) is 0 Å². The van der Waals surface area contributed by atoms with Gasteiger partial charge in [0, 0.05) is 67.4 Å². The largest absolute Gasteiger partial charge is 0.489 e. The lowest BCUT2D eigenvalue weighted by atomic mass is 9.49. The summed E-state index contributed by atoms with van der Waals surface area (Å²) in [5.74, 6) is 5.75. The van der Waals surface area contributed by atoms with E-state index in [0.717, 1.165) is 36.5 Å². The summed E-state index contributed by atoms with van der Waals surface area (Å²) in [5.41, 5.74) is 1.56. The van der Waals surface area contributed by atoms with Gasteiger partial charge < -0.3 is 15.0 Å². The summed E-state index contributed by atoms with van der Waals surface area (Å²) in [6, 6.07) is 14.9. The minimum absolute atomic E-state index is 0.140. The maximum absolute atomic E-state index is 13.3. The number of hydrogen-bond donors (Lipinski definition) is 2. The van der Waals surface area contributed by atoms with Crippen molar-refractivity contribution in [3.8, 4) is 23.7 Å². The zero-order chi connectivity index (χ0) is 39.1. The Morgan fingerprint density at radius 3 is 2.47 bits per heavy atom. The number of benzene rings is 2. The van der Waals surface area contributed by atoms with Crippen LogP contribution < -0.4 is 25.8 Å². The summed E-state index contributed by atoms with van der Waals surface area (Å²) >= 11 is 6.22. The molecule has 0 radical (unpaired) electrons. The number of carbonyl (C=O) groups excluding carboxylic acids is 3. The smallest absolute Gasteiger partial charge is 0.278 e. The van der Waals surface area contributed by atoms with Crippen LogP contribution in [0.1, 0.15) is 68.2 Å². The number of fused-ring (bicyclic) bond motifs is 1. The zero-order valence-electron chi connectivity index (χ0n) is 30.9. The molecule has 0 bridgehead atoms. The number of halogens is 1. The Bertz CT molecular complexity index is 2330. The first-order valence-electron chi connectivity index (χ1n) is 18.1. The number of pyridine rings is 1. The van der Waals surface area contributed by atoms with E-state index in [1.807, 2.05) is 12.1 Å². The number of imide groups is 1. The molecule has 4 heterocycles. The fourth-order valence-electron chi connectivity index (χ4n) is 8.18. The Morgan fingerprint density at radius 2 is 1.80 bits per heavy atom. The van der Waals surface area contributed by atoms with E-state index in [0.29, 0.717) is 45.0 Å². The minimum atomic E-state index is -0.863. The molecule has 3 aliphatic rings. The molecule has 0 spiro atoms. The van der Waals surface area contributed by atoms with E-state index in [4.69, 9.17) is 16.3 Å². The number of aromatic nitrogens is 4. The number of piperidine rings is 1. The fraction of sp³-hybridized carbons (Fsp3) is 0.400. The number of piperazine rings is 1. The van der Waals surface area contributed by atoms with Crippen molar-refractivity contribution < 1.29 is 19.1 Å². The van der Waals surface area contributed by atoms with Gasteiger partial charge in [-0.25, -0.2) is 4.98 Å². The Balaban J connectivity index is 0.900. The Kier molecular flexibility index (Phi) is 10.1. The summed E-state index contributed by atoms with van der Waals surface area (Å²) in [6.07, 6.45) is 1.68. The molecule has 2 N–H and O–H groups in total. The van der Waals surface area contributed by atoms with Crippen LogP contribution in [0.25, 0.3) is 10.9 Å². The van der Waals surface area contributed by atoms with E-state index >= 15 is 0 Å². The first-order chi connectivity index (χ1) is 26.3. The molecule has 1 saturated carbocycles. The van der Waals surface area contributed by atoms with Crippen molar-refractivity contribution in [1.82, 2.24) is 35.5 Å². The average molecular weight is 762 g/mol. The highest BCUT2D eigenvalue weighted by Gasteiger charge is 2.64. The molecule has 1 aliphatic carbocycles. The van der Waals surface area contributed by atoms with E-state index in [-0.39, 0.29) is 47.6 Å². The lowest BCUT2D eigenvalue weighted by molar-refractivity contribution is -0.164. The van der Waals surface area contributed by atoms with Crippen molar-refractivity contribution in [3.63, 3.8) is 0 Å². The number of nitriles is 1. The second-order valence-corrected chi connectivity index (χ2v) is 15.7. The molecule has 2 saturated heterocycles. The number of rotatable bonds is 7. The quantitative estimate of drug-likeness (QED) is 0.208. The van der Waals surface area contributed by atoms with Gasteiger partial charge in [-0.15, -0.1) is 5.10 Å². The molecule has 14 nitrogen and oxygen atoms in total. The summed E-state index contributed by atoms with van der Waals surface area (Å²) in [7, 11) is 0. The number of nitrogens with one attached hydrogen (secondary N) is 2. The topological polar surface area (TPSA) is 175 Å². The number of anilines is 1. The number of hydrogen-bond acceptors (Lipinski definition) is 11. The number of ether oxygens (including phenoxy) is 1. The van der Waals surface area contributed by atoms with Crippen molar-refractivity contribution >= 4 is 45.9 Å². The molecule has 15 heteroatoms. The van der Waals surface area contributed by atoms with Gasteiger partial charge in [0.05, 0.1) is 28.1 Å². The molecule has 4 aromatic rings. The molecule has 2 aromatic heterocycles. The van der Waals surface area contributed by atoms with Crippen LogP contribution >= 0.6 is 11.6 Å². The Morgan fingerprint density at radius 1 is 1.04 bits per heavy atom. The van der Waals surface area contributed by atoms with E-state index in [2.05, 4.69) is 81.3 Å². The molecule has 2 aliphatic heterocycles. The first-order valence-corrected chi connectivity index (χ1v) is 18.5. The second kappa shape index (κ2) is 14.8. The summed E-state index contributed by atoms with van der Waals surface area (Å²) in [6.45, 7) is 11.9. The van der Waals surface area contributed by atoms with Crippen molar-refractivity contribution in [2.24, 2.45) is 10.8 Å². The van der Waals surface area contributed by atoms with Gasteiger partial charge in [-0.05, 0) is 54.8 Å². The van der Waals surface area contributed by atoms with Crippen molar-refractivity contribution in [1.29, 1.82) is 5.26 Å². The highest BCUT2D eigenvalue weighted by Crippen LogP contribution is 2.55. The van der Waals surface area contributed by atoms with Crippen LogP contribution in [0.2, 0.25) is 5.02 Å². The first kappa shape index (κ1) is 37.5. The summed E-state index contributed by atoms with van der Waals surface area (Å²) in [5, 5.41) is 23.6. The van der Waals surface area contributed by atoms with Crippen LogP contribution in [0, 0.1) is 34.0 Å². The standard InChI is InChI=1S/C40H40ClN9O5/c1-39(2)37(40(3,4)38(39)55-28-11-8-24(22-42)30(41)21-28)45-34(52)25-7-9-26(43-23-25)6-5-15-48-16-18-49(19-17-48)27-10-12-29-31(20-27)46-47-50(36(29)54)32-13-14-33(51)44-35(32)53/h7-12,20-21,23,32,37-38H,13-19H2,1-4H3,(H,45,52)(H,44,51,53)/t32?,37-,38-. The zero-order valence-corrected chi connectivity index (χ0v) is 31.7. The third-order valence-corrected chi connectivity index (χ3v) is 11.2. The van der Waals surface area contributed by atoms with E-state index in [1.165, 1.54) is 0 Å². The highest BCUT2D eigenvalue weighted by atomic mass is 35.5. The van der Waals surface area contributed by atoms with Crippen LogP contribution in [-0.4, -0.2) is 87.5 Å². The number of carbonyl (C=O) groups is 3. The molecule has 1 unspecified atom stereocenters. The summed E-state index contributed by atoms with van der Waals surface area (Å²) < 4.78 is 7.40. The van der Waals surface area contributed by atoms with Crippen LogP contribution in [0.5, 0.6) is 5.75 Å². The molecule has 3 amide bonds. The van der Waals surface area contributed by atoms with Crippen molar-refractivity contribution in [3.05, 3.63) is 86.9 Å². The van der Waals surface area contributed by atoms with E-state index in [1.54, 1.807) is 42.6 Å². The van der Waals surface area contributed by atoms with Crippen molar-refractivity contribution in [2.45, 2.75) is 58.7 Å². The van der Waals surface area contributed by atoms with Gasteiger partial charge in [0.25, 0.3) is 17.4 Å². The lowest BCUT2D eigenvalue weighted by Gasteiger charge is -2.63. The molecule has 55 heavy (non-hydrogen) atoms. The van der Waals surface area contributed by atoms with Gasteiger partial charge in [-0.1, -0.05) is 50.4 Å². The minimum Gasteiger partial charge on any atom is -0.489 e. The maximum atomic E-state index is 13.3. The van der Waals surface area contributed by atoms with E-state index < -0.39 is 17.5 Å². The third kappa shape index (κ3) is 7.35. The van der Waals surface area contributed by atoms with Crippen LogP contribution in [0.4, 0.5) is 5.69 Å². The number of nitrogens with zero attached hydrogens (tertiary/aromatic N) is 7. The molecule has 1 atom stereocenters. The lowest BCUT2D eigenvalue weighted by Crippen LogP contribution is -2.74. The normalized spacial score (nSPS) is 21.7. The molecule has 2 aromatic carbocycles. The molecule has 282 valence electrons. The number of amides is 3. The van der Waals surface area contributed by atoms with Gasteiger partial charge in [-0.2, -0.15) is 9.94 Å². The predicted molar refractivity (Wildman–Crippen MR) is 204 cm³/mol.